The fraction of sp³-hybridized carbons (Fsp3) is 0.119. The topological polar surface area (TPSA) is 41.9 Å². The average molecular weight is 593 g/mol. The lowest BCUT2D eigenvalue weighted by Crippen LogP contribution is -2.28. The highest BCUT2D eigenvalue weighted by Gasteiger charge is 2.39. The van der Waals surface area contributed by atoms with Crippen LogP contribution in [0, 0.1) is 0 Å². The summed E-state index contributed by atoms with van der Waals surface area (Å²) in [5, 5.41) is 0. The Hall–Kier alpha value is -5.61. The average Bonchev–Trinajstić information content (AvgIpc) is 3.57. The van der Waals surface area contributed by atoms with Crippen molar-refractivity contribution in [2.75, 3.05) is 4.90 Å². The third-order valence-electron chi connectivity index (χ3n) is 9.86. The summed E-state index contributed by atoms with van der Waals surface area (Å²) in [6, 6.07) is 43.1. The highest BCUT2D eigenvalue weighted by Crippen LogP contribution is 2.52. The van der Waals surface area contributed by atoms with Crippen LogP contribution in [0.4, 0.5) is 11.4 Å². The van der Waals surface area contributed by atoms with Gasteiger partial charge in [-0.2, -0.15) is 0 Å². The number of allylic oxidation sites excluding steroid dienone is 2. The van der Waals surface area contributed by atoms with Crippen LogP contribution in [0.5, 0.6) is 0 Å². The van der Waals surface area contributed by atoms with Crippen molar-refractivity contribution in [3.8, 4) is 45.3 Å². The normalized spacial score (nSPS) is 18.2. The van der Waals surface area contributed by atoms with Crippen molar-refractivity contribution in [3.05, 3.63) is 162 Å². The molecule has 0 saturated heterocycles. The zero-order chi connectivity index (χ0) is 30.8. The van der Waals surface area contributed by atoms with Gasteiger partial charge in [0.05, 0.1) is 6.04 Å². The quantitative estimate of drug-likeness (QED) is 0.204. The molecule has 2 aliphatic carbocycles. The number of fused-ring (bicyclic) bond motifs is 6. The third-order valence-corrected chi connectivity index (χ3v) is 9.86. The van der Waals surface area contributed by atoms with Crippen molar-refractivity contribution >= 4 is 11.4 Å². The Morgan fingerprint density at radius 1 is 0.565 bits per heavy atom. The summed E-state index contributed by atoms with van der Waals surface area (Å²) in [6.07, 6.45) is 8.94. The molecule has 0 spiro atoms. The molecule has 9 rings (SSSR count). The number of rotatable bonds is 4. The molecule has 0 amide bonds. The van der Waals surface area contributed by atoms with Crippen LogP contribution in [0.1, 0.15) is 36.5 Å². The predicted octanol–water partition coefficient (Wildman–Crippen LogP) is 9.91. The van der Waals surface area contributed by atoms with E-state index in [2.05, 4.69) is 146 Å². The number of para-hydroxylation sites is 1. The molecule has 5 aromatic carbocycles. The number of anilines is 2. The van der Waals surface area contributed by atoms with Gasteiger partial charge in [-0.25, -0.2) is 15.0 Å². The van der Waals surface area contributed by atoms with Crippen molar-refractivity contribution in [1.29, 1.82) is 0 Å². The number of hydrogen-bond acceptors (Lipinski definition) is 4. The van der Waals surface area contributed by atoms with Crippen molar-refractivity contribution in [2.24, 2.45) is 0 Å². The van der Waals surface area contributed by atoms with Crippen LogP contribution in [0.25, 0.3) is 45.3 Å². The maximum absolute atomic E-state index is 5.24. The van der Waals surface area contributed by atoms with E-state index in [4.69, 9.17) is 15.0 Å². The van der Waals surface area contributed by atoms with Gasteiger partial charge in [0.15, 0.2) is 17.5 Å². The van der Waals surface area contributed by atoms with E-state index in [-0.39, 0.29) is 11.5 Å². The molecule has 3 aliphatic rings. The second-order valence-electron chi connectivity index (χ2n) is 12.8. The molecule has 0 N–H and O–H groups in total. The van der Waals surface area contributed by atoms with Gasteiger partial charge in [0.25, 0.3) is 0 Å². The number of aromatic nitrogens is 3. The zero-order valence-electron chi connectivity index (χ0n) is 25.8. The SMILES string of the molecule is CC1(C)c2ccccc2-c2c(-c3nc(-c4ccccc4)nc(-c4ccc5c(c4)N(c4ccccc4)C4C=CC=CC54)n3)cccc21. The number of hydrogen-bond donors (Lipinski definition) is 0. The lowest BCUT2D eigenvalue weighted by atomic mass is 9.82. The Balaban J connectivity index is 1.25. The molecule has 2 unspecified atom stereocenters. The van der Waals surface area contributed by atoms with Crippen molar-refractivity contribution in [3.63, 3.8) is 0 Å². The standard InChI is InChI=1S/C42H32N4/c1-42(2)34-21-11-9-19-32(34)38-33(20-13-22-35(38)42)41-44-39(27-14-5-3-6-15-27)43-40(45-41)28-24-25-31-30-18-10-12-23-36(30)46(37(31)26-28)29-16-7-4-8-17-29/h3-26,30,36H,1-2H3. The van der Waals surface area contributed by atoms with Crippen LogP contribution < -0.4 is 4.90 Å². The second-order valence-corrected chi connectivity index (χ2v) is 12.8. The first kappa shape index (κ1) is 26.8. The summed E-state index contributed by atoms with van der Waals surface area (Å²) >= 11 is 0. The van der Waals surface area contributed by atoms with Crippen LogP contribution in [0.2, 0.25) is 0 Å². The molecular weight excluding hydrogens is 560 g/mol. The first-order valence-electron chi connectivity index (χ1n) is 16.0. The van der Waals surface area contributed by atoms with E-state index < -0.39 is 0 Å². The lowest BCUT2D eigenvalue weighted by molar-refractivity contribution is 0.660. The molecule has 0 fully saturated rings. The highest BCUT2D eigenvalue weighted by atomic mass is 15.2. The molecule has 46 heavy (non-hydrogen) atoms. The van der Waals surface area contributed by atoms with Gasteiger partial charge < -0.3 is 4.90 Å². The van der Waals surface area contributed by atoms with Crippen LogP contribution in [-0.4, -0.2) is 21.0 Å². The minimum absolute atomic E-state index is 0.111. The fourth-order valence-electron chi connectivity index (χ4n) is 7.65. The smallest absolute Gasteiger partial charge is 0.164 e. The summed E-state index contributed by atoms with van der Waals surface area (Å²) in [4.78, 5) is 17.9. The molecule has 2 heterocycles. The van der Waals surface area contributed by atoms with E-state index in [0.29, 0.717) is 23.4 Å². The van der Waals surface area contributed by atoms with Gasteiger partial charge in [-0.1, -0.05) is 141 Å². The first-order chi connectivity index (χ1) is 22.6. The van der Waals surface area contributed by atoms with Gasteiger partial charge in [-0.05, 0) is 46.0 Å². The molecule has 6 aromatic rings. The monoisotopic (exact) mass is 592 g/mol. The molecular formula is C42H32N4. The molecule has 220 valence electrons. The number of benzene rings is 5. The lowest BCUT2D eigenvalue weighted by Gasteiger charge is -2.28. The highest BCUT2D eigenvalue weighted by molar-refractivity contribution is 5.91. The van der Waals surface area contributed by atoms with Crippen LogP contribution >= 0.6 is 0 Å². The van der Waals surface area contributed by atoms with Crippen molar-refractivity contribution < 1.29 is 0 Å². The zero-order valence-corrected chi connectivity index (χ0v) is 25.8. The Labute approximate surface area is 269 Å². The first-order valence-corrected chi connectivity index (χ1v) is 16.0. The Morgan fingerprint density at radius 2 is 1.22 bits per heavy atom. The summed E-state index contributed by atoms with van der Waals surface area (Å²) in [7, 11) is 0. The van der Waals surface area contributed by atoms with Gasteiger partial charge in [0.2, 0.25) is 0 Å². The maximum Gasteiger partial charge on any atom is 0.164 e. The molecule has 2 atom stereocenters. The Morgan fingerprint density at radius 3 is 2.04 bits per heavy atom. The van der Waals surface area contributed by atoms with Crippen LogP contribution in [0.3, 0.4) is 0 Å². The minimum atomic E-state index is -0.111. The number of nitrogens with zero attached hydrogens (tertiary/aromatic N) is 4. The van der Waals surface area contributed by atoms with Gasteiger partial charge in [0.1, 0.15) is 0 Å². The largest absolute Gasteiger partial charge is 0.333 e. The summed E-state index contributed by atoms with van der Waals surface area (Å²) in [5.74, 6) is 2.32. The van der Waals surface area contributed by atoms with Crippen molar-refractivity contribution in [1.82, 2.24) is 15.0 Å². The summed E-state index contributed by atoms with van der Waals surface area (Å²) < 4.78 is 0. The summed E-state index contributed by atoms with van der Waals surface area (Å²) in [6.45, 7) is 4.61. The maximum atomic E-state index is 5.24. The third kappa shape index (κ3) is 4.03. The van der Waals surface area contributed by atoms with Gasteiger partial charge in [0, 0.05) is 39.4 Å². The van der Waals surface area contributed by atoms with Crippen molar-refractivity contribution in [2.45, 2.75) is 31.2 Å². The van der Waals surface area contributed by atoms with E-state index in [1.54, 1.807) is 0 Å². The Bertz CT molecular complexity index is 2200. The molecule has 1 aromatic heterocycles. The van der Waals surface area contributed by atoms with Gasteiger partial charge in [-0.15, -0.1) is 0 Å². The van der Waals surface area contributed by atoms with E-state index in [1.165, 1.54) is 39.2 Å². The molecule has 4 heteroatoms. The van der Waals surface area contributed by atoms with E-state index in [1.807, 2.05) is 18.2 Å². The molecule has 0 radical (unpaired) electrons. The van der Waals surface area contributed by atoms with Crippen LogP contribution in [-0.2, 0) is 5.41 Å². The fourth-order valence-corrected chi connectivity index (χ4v) is 7.65. The molecule has 1 aliphatic heterocycles. The van der Waals surface area contributed by atoms with Gasteiger partial charge in [-0.3, -0.25) is 0 Å². The molecule has 4 nitrogen and oxygen atoms in total. The molecule has 0 bridgehead atoms. The Kier molecular flexibility index (Phi) is 5.94. The minimum Gasteiger partial charge on any atom is -0.333 e. The molecule has 0 saturated carbocycles. The van der Waals surface area contributed by atoms with Crippen LogP contribution in [0.15, 0.2) is 146 Å². The van der Waals surface area contributed by atoms with E-state index in [0.717, 1.165) is 16.7 Å². The van der Waals surface area contributed by atoms with Gasteiger partial charge >= 0.3 is 0 Å². The second kappa shape index (κ2) is 10.2. The summed E-state index contributed by atoms with van der Waals surface area (Å²) in [5.41, 5.74) is 11.6. The van der Waals surface area contributed by atoms with E-state index in [9.17, 15) is 0 Å². The van der Waals surface area contributed by atoms with E-state index >= 15 is 0 Å². The predicted molar refractivity (Wildman–Crippen MR) is 187 cm³/mol.